The first kappa shape index (κ1) is 19.3. The quantitative estimate of drug-likeness (QED) is 0.456. The van der Waals surface area contributed by atoms with Crippen LogP contribution in [0.25, 0.3) is 11.4 Å². The van der Waals surface area contributed by atoms with E-state index in [4.69, 9.17) is 9.26 Å². The SMILES string of the molecule is CCCN(Cc1nc(-c2ccccc2)no1)C(=O)COc1ccc(I)cc1. The van der Waals surface area contributed by atoms with E-state index in [1.807, 2.05) is 61.5 Å². The van der Waals surface area contributed by atoms with Gasteiger partial charge in [0, 0.05) is 15.7 Å². The third kappa shape index (κ3) is 5.53. The van der Waals surface area contributed by atoms with Crippen LogP contribution >= 0.6 is 22.6 Å². The summed E-state index contributed by atoms with van der Waals surface area (Å²) in [5.41, 5.74) is 0.878. The lowest BCUT2D eigenvalue weighted by molar-refractivity contribution is -0.134. The van der Waals surface area contributed by atoms with Gasteiger partial charge in [-0.25, -0.2) is 0 Å². The number of hydrogen-bond donors (Lipinski definition) is 0. The van der Waals surface area contributed by atoms with Crippen molar-refractivity contribution in [3.05, 3.63) is 64.1 Å². The van der Waals surface area contributed by atoms with Crippen LogP contribution in [0.5, 0.6) is 5.75 Å². The highest BCUT2D eigenvalue weighted by Gasteiger charge is 2.18. The Balaban J connectivity index is 1.62. The van der Waals surface area contributed by atoms with E-state index in [1.165, 1.54) is 0 Å². The normalized spacial score (nSPS) is 10.6. The predicted molar refractivity (Wildman–Crippen MR) is 110 cm³/mol. The molecule has 7 heteroatoms. The molecule has 0 saturated heterocycles. The summed E-state index contributed by atoms with van der Waals surface area (Å²) in [5.74, 6) is 1.48. The summed E-state index contributed by atoms with van der Waals surface area (Å²) in [5, 5.41) is 4.00. The molecule has 1 heterocycles. The number of nitrogens with zero attached hydrogens (tertiary/aromatic N) is 3. The fourth-order valence-electron chi connectivity index (χ4n) is 2.52. The molecule has 0 aliphatic heterocycles. The zero-order valence-corrected chi connectivity index (χ0v) is 17.1. The topological polar surface area (TPSA) is 68.5 Å². The molecule has 6 nitrogen and oxygen atoms in total. The Morgan fingerprint density at radius 3 is 2.59 bits per heavy atom. The zero-order chi connectivity index (χ0) is 19.1. The van der Waals surface area contributed by atoms with Crippen molar-refractivity contribution in [1.29, 1.82) is 0 Å². The molecule has 0 atom stereocenters. The Morgan fingerprint density at radius 2 is 1.89 bits per heavy atom. The molecule has 140 valence electrons. The molecule has 0 aliphatic rings. The maximum Gasteiger partial charge on any atom is 0.260 e. The number of benzene rings is 2. The molecule has 1 aromatic heterocycles. The number of ether oxygens (including phenoxy) is 1. The lowest BCUT2D eigenvalue weighted by Crippen LogP contribution is -2.35. The second kappa shape index (κ2) is 9.50. The highest BCUT2D eigenvalue weighted by molar-refractivity contribution is 14.1. The van der Waals surface area contributed by atoms with Crippen LogP contribution in [-0.4, -0.2) is 34.1 Å². The Bertz CT molecular complexity index is 866. The number of carbonyl (C=O) groups is 1. The summed E-state index contributed by atoms with van der Waals surface area (Å²) in [7, 11) is 0. The summed E-state index contributed by atoms with van der Waals surface area (Å²) in [6, 6.07) is 17.2. The van der Waals surface area contributed by atoms with E-state index in [0.29, 0.717) is 24.0 Å². The second-order valence-corrected chi connectivity index (χ2v) is 7.18. The molecule has 0 saturated carbocycles. The summed E-state index contributed by atoms with van der Waals surface area (Å²) in [6.45, 7) is 2.85. The number of amides is 1. The predicted octanol–water partition coefficient (Wildman–Crippen LogP) is 4.16. The third-order valence-corrected chi connectivity index (χ3v) is 4.57. The minimum Gasteiger partial charge on any atom is -0.484 e. The molecule has 27 heavy (non-hydrogen) atoms. The first-order valence-corrected chi connectivity index (χ1v) is 9.77. The Morgan fingerprint density at radius 1 is 1.15 bits per heavy atom. The van der Waals surface area contributed by atoms with Gasteiger partial charge in [0.1, 0.15) is 12.3 Å². The molecule has 1 amide bonds. The first-order chi connectivity index (χ1) is 13.2. The lowest BCUT2D eigenvalue weighted by atomic mass is 10.2. The largest absolute Gasteiger partial charge is 0.484 e. The van der Waals surface area contributed by atoms with Crippen molar-refractivity contribution in [2.24, 2.45) is 0 Å². The Kier molecular flexibility index (Phi) is 6.80. The van der Waals surface area contributed by atoms with Crippen molar-refractivity contribution < 1.29 is 14.1 Å². The minimum atomic E-state index is -0.116. The molecule has 3 rings (SSSR count). The molecule has 0 radical (unpaired) electrons. The van der Waals surface area contributed by atoms with Crippen LogP contribution in [0.15, 0.2) is 59.1 Å². The van der Waals surface area contributed by atoms with Gasteiger partial charge in [0.15, 0.2) is 6.61 Å². The van der Waals surface area contributed by atoms with Crippen molar-refractivity contribution in [2.75, 3.05) is 13.2 Å². The number of carbonyl (C=O) groups excluding carboxylic acids is 1. The first-order valence-electron chi connectivity index (χ1n) is 8.70. The molecule has 3 aromatic rings. The van der Waals surface area contributed by atoms with Gasteiger partial charge in [-0.2, -0.15) is 4.98 Å². The second-order valence-electron chi connectivity index (χ2n) is 5.94. The molecule has 0 fully saturated rings. The molecule has 0 bridgehead atoms. The van der Waals surface area contributed by atoms with E-state index < -0.39 is 0 Å². The van der Waals surface area contributed by atoms with E-state index in [-0.39, 0.29) is 19.1 Å². The van der Waals surface area contributed by atoms with Gasteiger partial charge in [0.25, 0.3) is 5.91 Å². The van der Waals surface area contributed by atoms with Crippen LogP contribution in [-0.2, 0) is 11.3 Å². The highest BCUT2D eigenvalue weighted by Crippen LogP contribution is 2.16. The number of rotatable bonds is 8. The zero-order valence-electron chi connectivity index (χ0n) is 15.0. The van der Waals surface area contributed by atoms with Crippen molar-refractivity contribution in [3.63, 3.8) is 0 Å². The third-order valence-electron chi connectivity index (χ3n) is 3.85. The maximum atomic E-state index is 12.6. The Labute approximate surface area is 171 Å². The summed E-state index contributed by atoms with van der Waals surface area (Å²) in [4.78, 5) is 18.6. The number of halogens is 1. The average molecular weight is 477 g/mol. The van der Waals surface area contributed by atoms with E-state index in [9.17, 15) is 4.79 Å². The van der Waals surface area contributed by atoms with Gasteiger partial charge >= 0.3 is 0 Å². The average Bonchev–Trinajstić information content (AvgIpc) is 3.16. The van der Waals surface area contributed by atoms with Crippen LogP contribution in [0, 0.1) is 3.57 Å². The van der Waals surface area contributed by atoms with Gasteiger partial charge in [-0.05, 0) is 53.3 Å². The van der Waals surface area contributed by atoms with Crippen molar-refractivity contribution in [1.82, 2.24) is 15.0 Å². The van der Waals surface area contributed by atoms with Gasteiger partial charge in [-0.3, -0.25) is 4.79 Å². The van der Waals surface area contributed by atoms with Gasteiger partial charge in [0.2, 0.25) is 11.7 Å². The molecular formula is C20H20IN3O3. The molecular weight excluding hydrogens is 457 g/mol. The van der Waals surface area contributed by atoms with Crippen molar-refractivity contribution in [2.45, 2.75) is 19.9 Å². The van der Waals surface area contributed by atoms with Crippen LogP contribution in [0.1, 0.15) is 19.2 Å². The van der Waals surface area contributed by atoms with Gasteiger partial charge in [-0.15, -0.1) is 0 Å². The van der Waals surface area contributed by atoms with E-state index in [2.05, 4.69) is 32.7 Å². The highest BCUT2D eigenvalue weighted by atomic mass is 127. The smallest absolute Gasteiger partial charge is 0.260 e. The van der Waals surface area contributed by atoms with E-state index in [0.717, 1.165) is 15.6 Å². The van der Waals surface area contributed by atoms with Gasteiger partial charge < -0.3 is 14.2 Å². The molecule has 0 unspecified atom stereocenters. The number of hydrogen-bond acceptors (Lipinski definition) is 5. The summed E-state index contributed by atoms with van der Waals surface area (Å²) in [6.07, 6.45) is 0.828. The van der Waals surface area contributed by atoms with E-state index >= 15 is 0 Å². The van der Waals surface area contributed by atoms with Gasteiger partial charge in [-0.1, -0.05) is 42.4 Å². The van der Waals surface area contributed by atoms with Crippen molar-refractivity contribution >= 4 is 28.5 Å². The van der Waals surface area contributed by atoms with Gasteiger partial charge in [0.05, 0.1) is 0 Å². The van der Waals surface area contributed by atoms with Crippen LogP contribution in [0.4, 0.5) is 0 Å². The van der Waals surface area contributed by atoms with Crippen LogP contribution < -0.4 is 4.74 Å². The summed E-state index contributed by atoms with van der Waals surface area (Å²) >= 11 is 2.22. The van der Waals surface area contributed by atoms with E-state index in [1.54, 1.807) is 4.90 Å². The monoisotopic (exact) mass is 477 g/mol. The van der Waals surface area contributed by atoms with Crippen molar-refractivity contribution in [3.8, 4) is 17.1 Å². The lowest BCUT2D eigenvalue weighted by Gasteiger charge is -2.20. The number of aromatic nitrogens is 2. The Hall–Kier alpha value is -2.42. The fraction of sp³-hybridized carbons (Fsp3) is 0.250. The molecule has 0 N–H and O–H groups in total. The minimum absolute atomic E-state index is 0.0275. The molecule has 2 aromatic carbocycles. The standard InChI is InChI=1S/C20H20IN3O3/c1-2-12-24(19(25)14-26-17-10-8-16(21)9-11-17)13-18-22-20(23-27-18)15-6-4-3-5-7-15/h3-11H,2,12-14H2,1H3. The molecule has 0 aliphatic carbocycles. The fourth-order valence-corrected chi connectivity index (χ4v) is 2.88. The maximum absolute atomic E-state index is 12.6. The summed E-state index contributed by atoms with van der Waals surface area (Å²) < 4.78 is 12.0. The van der Waals surface area contributed by atoms with Crippen LogP contribution in [0.3, 0.4) is 0 Å². The van der Waals surface area contributed by atoms with Crippen LogP contribution in [0.2, 0.25) is 0 Å². The molecule has 0 spiro atoms.